The molecule has 2 rings (SSSR count). The van der Waals surface area contributed by atoms with Crippen LogP contribution >= 0.6 is 0 Å². The van der Waals surface area contributed by atoms with Crippen LogP contribution in [0.5, 0.6) is 11.5 Å². The van der Waals surface area contributed by atoms with Crippen LogP contribution in [0.3, 0.4) is 0 Å². The molecule has 0 saturated carbocycles. The fourth-order valence-electron chi connectivity index (χ4n) is 2.79. The third kappa shape index (κ3) is 4.94. The number of Topliss-reactive ketones (excluding diaryl/α,β-unsaturated/α-hetero) is 1. The number of hydrogen-bond donors (Lipinski definition) is 3. The Kier molecular flexibility index (Phi) is 6.39. The molecule has 0 aliphatic carbocycles. The Bertz CT molecular complexity index is 689. The van der Waals surface area contributed by atoms with Crippen molar-refractivity contribution in [1.82, 2.24) is 0 Å². The lowest BCUT2D eigenvalue weighted by Crippen LogP contribution is -2.39. The van der Waals surface area contributed by atoms with Gasteiger partial charge in [-0.25, -0.2) is 0 Å². The number of carbonyl (C=O) groups excluding carboxylic acids is 1. The van der Waals surface area contributed by atoms with Crippen LogP contribution in [0.15, 0.2) is 41.5 Å². The van der Waals surface area contributed by atoms with E-state index in [2.05, 4.69) is 6.08 Å². The van der Waals surface area contributed by atoms with Gasteiger partial charge in [-0.05, 0) is 57.7 Å². The van der Waals surface area contributed by atoms with E-state index < -0.39 is 11.6 Å². The van der Waals surface area contributed by atoms with Crippen LogP contribution in [0, 0.1) is 0 Å². The number of ether oxygens (including phenoxy) is 1. The van der Waals surface area contributed by atoms with Crippen LogP contribution in [0.1, 0.15) is 56.3 Å². The molecule has 1 heterocycles. The molecule has 5 heteroatoms. The third-order valence-electron chi connectivity index (χ3n) is 4.33. The quantitative estimate of drug-likeness (QED) is 0.495. The summed E-state index contributed by atoms with van der Waals surface area (Å²) in [6.45, 7) is 4.04. The zero-order valence-electron chi connectivity index (χ0n) is 14.8. The molecule has 25 heavy (non-hydrogen) atoms. The molecule has 1 atom stereocenters. The Morgan fingerprint density at radius 1 is 1.20 bits per heavy atom. The van der Waals surface area contributed by atoms with Crippen molar-refractivity contribution in [3.8, 4) is 11.5 Å². The van der Waals surface area contributed by atoms with E-state index in [0.717, 1.165) is 24.8 Å². The Hall–Kier alpha value is -2.11. The second-order valence-corrected chi connectivity index (χ2v) is 6.59. The second kappa shape index (κ2) is 8.32. The maximum atomic E-state index is 12.3. The number of aliphatic hydroxyl groups is 2. The lowest BCUT2D eigenvalue weighted by atomic mass is 10.00. The van der Waals surface area contributed by atoms with Gasteiger partial charge in [0, 0.05) is 6.42 Å². The number of fused-ring (bicyclic) bond motifs is 1. The van der Waals surface area contributed by atoms with Crippen molar-refractivity contribution in [3.63, 3.8) is 0 Å². The molecule has 1 aromatic carbocycles. The van der Waals surface area contributed by atoms with Gasteiger partial charge in [0.15, 0.2) is 0 Å². The molecule has 0 radical (unpaired) electrons. The zero-order valence-corrected chi connectivity index (χ0v) is 14.8. The number of phenols is 1. The number of carbonyl (C=O) groups is 1. The summed E-state index contributed by atoms with van der Waals surface area (Å²) in [7, 11) is 0. The fourth-order valence-corrected chi connectivity index (χ4v) is 2.79. The topological polar surface area (TPSA) is 87.0 Å². The Balaban J connectivity index is 1.82. The molecule has 0 spiro atoms. The van der Waals surface area contributed by atoms with E-state index in [1.54, 1.807) is 0 Å². The van der Waals surface area contributed by atoms with E-state index in [1.165, 1.54) is 23.8 Å². The molecule has 136 valence electrons. The van der Waals surface area contributed by atoms with Gasteiger partial charge in [0.2, 0.25) is 5.78 Å². The molecule has 0 saturated heterocycles. The maximum Gasteiger partial charge on any atom is 0.272 e. The molecule has 3 N–H and O–H groups in total. The van der Waals surface area contributed by atoms with E-state index in [-0.39, 0.29) is 24.3 Å². The van der Waals surface area contributed by atoms with Gasteiger partial charge in [-0.2, -0.15) is 0 Å². The number of aromatic hydroxyl groups is 1. The summed E-state index contributed by atoms with van der Waals surface area (Å²) in [6, 6.07) is 4.24. The van der Waals surface area contributed by atoms with Gasteiger partial charge in [-0.1, -0.05) is 23.3 Å². The van der Waals surface area contributed by atoms with Gasteiger partial charge in [0.05, 0.1) is 12.2 Å². The minimum atomic E-state index is -1.83. The molecular formula is C20H26O5. The number of rotatable bonds is 8. The van der Waals surface area contributed by atoms with Crippen molar-refractivity contribution in [1.29, 1.82) is 0 Å². The van der Waals surface area contributed by atoms with Crippen molar-refractivity contribution in [2.75, 3.05) is 6.61 Å². The predicted octanol–water partition coefficient (Wildman–Crippen LogP) is 3.49. The molecular weight excluding hydrogens is 320 g/mol. The second-order valence-electron chi connectivity index (χ2n) is 6.59. The Morgan fingerprint density at radius 3 is 2.64 bits per heavy atom. The molecule has 0 bridgehead atoms. The highest BCUT2D eigenvalue weighted by atomic mass is 16.6. The van der Waals surface area contributed by atoms with Crippen molar-refractivity contribution in [2.24, 2.45) is 0 Å². The lowest BCUT2D eigenvalue weighted by Gasteiger charge is -2.20. The normalized spacial score (nSPS) is 20.6. The van der Waals surface area contributed by atoms with Gasteiger partial charge in [-0.3, -0.25) is 4.79 Å². The summed E-state index contributed by atoms with van der Waals surface area (Å²) in [4.78, 5) is 12.3. The van der Waals surface area contributed by atoms with Gasteiger partial charge < -0.3 is 20.1 Å². The zero-order chi connectivity index (χ0) is 18.4. The summed E-state index contributed by atoms with van der Waals surface area (Å²) in [6.07, 6.45) is 7.50. The molecule has 0 aromatic heterocycles. The maximum absolute atomic E-state index is 12.3. The van der Waals surface area contributed by atoms with Gasteiger partial charge in [0.1, 0.15) is 11.5 Å². The molecule has 1 unspecified atom stereocenters. The van der Waals surface area contributed by atoms with Crippen LogP contribution in [0.25, 0.3) is 0 Å². The van der Waals surface area contributed by atoms with E-state index in [1.807, 2.05) is 19.9 Å². The minimum Gasteiger partial charge on any atom is -0.508 e. The van der Waals surface area contributed by atoms with Gasteiger partial charge in [0.25, 0.3) is 5.79 Å². The SMILES string of the molecule is CC(=CCCC(C)=CCCCC1(O)Oc2ccc(O)cc2C1=O)CO. The third-order valence-corrected chi connectivity index (χ3v) is 4.33. The number of phenolic OH excluding ortho intramolecular Hbond substituents is 1. The number of allylic oxidation sites excluding steroid dienone is 3. The standard InChI is InChI=1S/C20H26O5/c1-14(7-5-8-15(2)13-21)6-3-4-11-20(24)19(23)17-12-16(22)9-10-18(17)25-20/h6,8-10,12,21-22,24H,3-5,7,11,13H2,1-2H3. The van der Waals surface area contributed by atoms with E-state index >= 15 is 0 Å². The number of benzene rings is 1. The predicted molar refractivity (Wildman–Crippen MR) is 95.7 cm³/mol. The molecule has 1 aliphatic rings. The summed E-state index contributed by atoms with van der Waals surface area (Å²) >= 11 is 0. The summed E-state index contributed by atoms with van der Waals surface area (Å²) < 4.78 is 5.42. The summed E-state index contributed by atoms with van der Waals surface area (Å²) in [5, 5.41) is 28.9. The minimum absolute atomic E-state index is 0.0241. The molecule has 1 aliphatic heterocycles. The number of ketones is 1. The van der Waals surface area contributed by atoms with Crippen LogP contribution in [-0.4, -0.2) is 33.5 Å². The highest BCUT2D eigenvalue weighted by Gasteiger charge is 2.46. The first kappa shape index (κ1) is 19.2. The number of hydrogen-bond acceptors (Lipinski definition) is 5. The van der Waals surface area contributed by atoms with E-state index in [9.17, 15) is 15.0 Å². The lowest BCUT2D eigenvalue weighted by molar-refractivity contribution is -0.0957. The molecule has 0 fully saturated rings. The first-order valence-corrected chi connectivity index (χ1v) is 8.57. The van der Waals surface area contributed by atoms with Crippen molar-refractivity contribution in [3.05, 3.63) is 47.1 Å². The Morgan fingerprint density at radius 2 is 1.92 bits per heavy atom. The van der Waals surface area contributed by atoms with Crippen LogP contribution in [-0.2, 0) is 0 Å². The van der Waals surface area contributed by atoms with Crippen LogP contribution in [0.2, 0.25) is 0 Å². The fraction of sp³-hybridized carbons (Fsp3) is 0.450. The summed E-state index contributed by atoms with van der Waals surface area (Å²) in [5.74, 6) is -2.05. The average Bonchev–Trinajstić information content (AvgIpc) is 2.83. The first-order chi connectivity index (χ1) is 11.9. The van der Waals surface area contributed by atoms with E-state index in [0.29, 0.717) is 12.2 Å². The number of aliphatic hydroxyl groups excluding tert-OH is 1. The molecule has 0 amide bonds. The Labute approximate surface area is 148 Å². The van der Waals surface area contributed by atoms with E-state index in [4.69, 9.17) is 9.84 Å². The molecule has 5 nitrogen and oxygen atoms in total. The monoisotopic (exact) mass is 346 g/mol. The largest absolute Gasteiger partial charge is 0.508 e. The van der Waals surface area contributed by atoms with Crippen LogP contribution < -0.4 is 4.74 Å². The number of unbranched alkanes of at least 4 members (excludes halogenated alkanes) is 1. The van der Waals surface area contributed by atoms with Crippen molar-refractivity contribution in [2.45, 2.75) is 51.7 Å². The smallest absolute Gasteiger partial charge is 0.272 e. The van der Waals surface area contributed by atoms with Crippen molar-refractivity contribution < 1.29 is 24.9 Å². The van der Waals surface area contributed by atoms with Crippen molar-refractivity contribution >= 4 is 5.78 Å². The van der Waals surface area contributed by atoms with Crippen LogP contribution in [0.4, 0.5) is 0 Å². The average molecular weight is 346 g/mol. The molecule has 1 aromatic rings. The first-order valence-electron chi connectivity index (χ1n) is 8.57. The highest BCUT2D eigenvalue weighted by molar-refractivity contribution is 6.06. The summed E-state index contributed by atoms with van der Waals surface area (Å²) in [5.41, 5.74) is 2.43. The highest BCUT2D eigenvalue weighted by Crippen LogP contribution is 2.38. The van der Waals surface area contributed by atoms with Gasteiger partial charge in [-0.15, -0.1) is 0 Å². The van der Waals surface area contributed by atoms with Gasteiger partial charge >= 0.3 is 0 Å².